The van der Waals surface area contributed by atoms with Crippen LogP contribution in [0.2, 0.25) is 0 Å². The van der Waals surface area contributed by atoms with Crippen molar-refractivity contribution in [3.8, 4) is 11.3 Å². The van der Waals surface area contributed by atoms with Crippen molar-refractivity contribution < 1.29 is 9.32 Å². The molecule has 3 heterocycles. The van der Waals surface area contributed by atoms with Gasteiger partial charge < -0.3 is 14.3 Å². The molecule has 0 spiro atoms. The van der Waals surface area contributed by atoms with Crippen molar-refractivity contribution >= 4 is 22.7 Å². The van der Waals surface area contributed by atoms with Crippen LogP contribution in [0.15, 0.2) is 59.1 Å². The second-order valence-corrected chi connectivity index (χ2v) is 8.27. The zero-order chi connectivity index (χ0) is 22.1. The number of fused-ring (bicyclic) bond motifs is 1. The van der Waals surface area contributed by atoms with Gasteiger partial charge in [-0.1, -0.05) is 41.6 Å². The summed E-state index contributed by atoms with van der Waals surface area (Å²) in [6.45, 7) is 6.80. The van der Waals surface area contributed by atoms with Gasteiger partial charge in [0.05, 0.1) is 12.1 Å². The van der Waals surface area contributed by atoms with E-state index in [-0.39, 0.29) is 12.3 Å². The second kappa shape index (κ2) is 8.42. The molecular weight excluding hydrogens is 402 g/mol. The number of piperazine rings is 1. The van der Waals surface area contributed by atoms with E-state index >= 15 is 0 Å². The van der Waals surface area contributed by atoms with E-state index in [0.29, 0.717) is 18.8 Å². The predicted molar refractivity (Wildman–Crippen MR) is 123 cm³/mol. The molecular formula is C25H25N5O2. The Labute approximate surface area is 186 Å². The van der Waals surface area contributed by atoms with Crippen LogP contribution >= 0.6 is 0 Å². The van der Waals surface area contributed by atoms with Crippen LogP contribution in [0.25, 0.3) is 22.2 Å². The van der Waals surface area contributed by atoms with E-state index in [1.54, 1.807) is 0 Å². The fraction of sp³-hybridized carbons (Fsp3) is 0.280. The molecule has 1 aliphatic heterocycles. The average Bonchev–Trinajstić information content (AvgIpc) is 3.22. The molecule has 0 bridgehead atoms. The fourth-order valence-electron chi connectivity index (χ4n) is 4.34. The van der Waals surface area contributed by atoms with Crippen LogP contribution in [0.5, 0.6) is 0 Å². The number of benzene rings is 2. The first-order valence-corrected chi connectivity index (χ1v) is 10.9. The number of aromatic nitrogens is 3. The first kappa shape index (κ1) is 20.2. The molecule has 2 aromatic carbocycles. The highest BCUT2D eigenvalue weighted by Gasteiger charge is 2.24. The molecule has 0 unspecified atom stereocenters. The predicted octanol–water partition coefficient (Wildman–Crippen LogP) is 3.79. The number of amides is 1. The van der Waals surface area contributed by atoms with E-state index in [1.807, 2.05) is 67.3 Å². The molecule has 7 heteroatoms. The summed E-state index contributed by atoms with van der Waals surface area (Å²) in [6, 6.07) is 18.1. The monoisotopic (exact) mass is 427 g/mol. The van der Waals surface area contributed by atoms with Gasteiger partial charge >= 0.3 is 0 Å². The van der Waals surface area contributed by atoms with Crippen molar-refractivity contribution in [1.29, 1.82) is 0 Å². The molecule has 0 saturated carbocycles. The summed E-state index contributed by atoms with van der Waals surface area (Å²) in [5.74, 6) is 0.913. The van der Waals surface area contributed by atoms with E-state index in [1.165, 1.54) is 0 Å². The standard InChI is InChI=1S/C25H25N5O2/c1-17-14-18(2)25-21(28-32-22(25)15-17)16-24(31)30-12-10-29(11-13-30)23-9-8-20(26-27-23)19-6-4-3-5-7-19/h3-9,14-15H,10-13,16H2,1-2H3. The molecule has 5 rings (SSSR count). The lowest BCUT2D eigenvalue weighted by Crippen LogP contribution is -2.49. The van der Waals surface area contributed by atoms with E-state index in [4.69, 9.17) is 4.52 Å². The molecule has 4 aromatic rings. The van der Waals surface area contributed by atoms with Gasteiger partial charge in [0, 0.05) is 37.1 Å². The largest absolute Gasteiger partial charge is 0.356 e. The van der Waals surface area contributed by atoms with E-state index in [9.17, 15) is 4.79 Å². The third-order valence-corrected chi connectivity index (χ3v) is 5.98. The number of carbonyl (C=O) groups excluding carboxylic acids is 1. The zero-order valence-electron chi connectivity index (χ0n) is 18.3. The van der Waals surface area contributed by atoms with E-state index in [2.05, 4.69) is 26.3 Å². The maximum absolute atomic E-state index is 12.9. The Hall–Kier alpha value is -3.74. The van der Waals surface area contributed by atoms with Crippen molar-refractivity contribution in [2.24, 2.45) is 0 Å². The van der Waals surface area contributed by atoms with Crippen LogP contribution < -0.4 is 4.90 Å². The summed E-state index contributed by atoms with van der Waals surface area (Å²) < 4.78 is 5.47. The van der Waals surface area contributed by atoms with Gasteiger partial charge in [-0.05, 0) is 43.2 Å². The summed E-state index contributed by atoms with van der Waals surface area (Å²) in [5, 5.41) is 13.9. The highest BCUT2D eigenvalue weighted by molar-refractivity contribution is 5.88. The number of rotatable bonds is 4. The molecule has 0 radical (unpaired) electrons. The first-order valence-electron chi connectivity index (χ1n) is 10.9. The smallest absolute Gasteiger partial charge is 0.228 e. The Balaban J connectivity index is 1.22. The second-order valence-electron chi connectivity index (χ2n) is 8.27. The average molecular weight is 428 g/mol. The van der Waals surface area contributed by atoms with Gasteiger partial charge in [0.1, 0.15) is 5.69 Å². The van der Waals surface area contributed by atoms with Crippen molar-refractivity contribution in [3.63, 3.8) is 0 Å². The van der Waals surface area contributed by atoms with Crippen molar-refractivity contribution in [2.45, 2.75) is 20.3 Å². The van der Waals surface area contributed by atoms with E-state index in [0.717, 1.165) is 52.3 Å². The van der Waals surface area contributed by atoms with Crippen LogP contribution in [0.3, 0.4) is 0 Å². The summed E-state index contributed by atoms with van der Waals surface area (Å²) >= 11 is 0. The van der Waals surface area contributed by atoms with Gasteiger partial charge in [-0.2, -0.15) is 0 Å². The minimum atomic E-state index is 0.0744. The molecule has 32 heavy (non-hydrogen) atoms. The Morgan fingerprint density at radius 2 is 1.75 bits per heavy atom. The minimum Gasteiger partial charge on any atom is -0.356 e. The third kappa shape index (κ3) is 3.93. The molecule has 1 fully saturated rings. The van der Waals surface area contributed by atoms with Gasteiger partial charge in [0.15, 0.2) is 11.4 Å². The number of carbonyl (C=O) groups is 1. The van der Waals surface area contributed by atoms with Gasteiger partial charge in [-0.3, -0.25) is 4.79 Å². The fourth-order valence-corrected chi connectivity index (χ4v) is 4.34. The lowest BCUT2D eigenvalue weighted by Gasteiger charge is -2.35. The van der Waals surface area contributed by atoms with Gasteiger partial charge in [-0.15, -0.1) is 10.2 Å². The number of hydrogen-bond donors (Lipinski definition) is 0. The molecule has 1 aliphatic rings. The first-order chi connectivity index (χ1) is 15.6. The molecule has 1 amide bonds. The lowest BCUT2D eigenvalue weighted by molar-refractivity contribution is -0.130. The summed E-state index contributed by atoms with van der Waals surface area (Å²) in [4.78, 5) is 17.0. The maximum Gasteiger partial charge on any atom is 0.228 e. The topological polar surface area (TPSA) is 75.4 Å². The Morgan fingerprint density at radius 3 is 2.47 bits per heavy atom. The SMILES string of the molecule is Cc1cc(C)c2c(CC(=O)N3CCN(c4ccc(-c5ccccc5)nn4)CC3)noc2c1. The minimum absolute atomic E-state index is 0.0744. The molecule has 0 N–H and O–H groups in total. The number of hydrogen-bond acceptors (Lipinski definition) is 6. The van der Waals surface area contributed by atoms with Crippen molar-refractivity contribution in [3.05, 3.63) is 71.4 Å². The zero-order valence-corrected chi connectivity index (χ0v) is 18.3. The van der Waals surface area contributed by atoms with Crippen molar-refractivity contribution in [2.75, 3.05) is 31.1 Å². The van der Waals surface area contributed by atoms with Crippen LogP contribution in [-0.4, -0.2) is 52.3 Å². The van der Waals surface area contributed by atoms with Crippen LogP contribution in [0.4, 0.5) is 5.82 Å². The normalized spacial score (nSPS) is 14.2. The van der Waals surface area contributed by atoms with Crippen LogP contribution in [0.1, 0.15) is 16.8 Å². The highest BCUT2D eigenvalue weighted by Crippen LogP contribution is 2.25. The summed E-state index contributed by atoms with van der Waals surface area (Å²) in [6.07, 6.45) is 0.252. The summed E-state index contributed by atoms with van der Waals surface area (Å²) in [5.41, 5.74) is 5.58. The molecule has 0 atom stereocenters. The number of nitrogens with zero attached hydrogens (tertiary/aromatic N) is 5. The van der Waals surface area contributed by atoms with E-state index < -0.39 is 0 Å². The molecule has 0 aliphatic carbocycles. The van der Waals surface area contributed by atoms with Crippen molar-refractivity contribution in [1.82, 2.24) is 20.3 Å². The number of aryl methyl sites for hydroxylation is 2. The Morgan fingerprint density at radius 1 is 0.969 bits per heavy atom. The third-order valence-electron chi connectivity index (χ3n) is 5.98. The van der Waals surface area contributed by atoms with Crippen LogP contribution in [-0.2, 0) is 11.2 Å². The van der Waals surface area contributed by atoms with Gasteiger partial charge in [0.25, 0.3) is 0 Å². The molecule has 1 saturated heterocycles. The molecule has 2 aromatic heterocycles. The number of anilines is 1. The van der Waals surface area contributed by atoms with Crippen LogP contribution in [0, 0.1) is 13.8 Å². The lowest BCUT2D eigenvalue weighted by atomic mass is 10.0. The quantitative estimate of drug-likeness (QED) is 0.493. The Bertz CT molecular complexity index is 1240. The maximum atomic E-state index is 12.9. The highest BCUT2D eigenvalue weighted by atomic mass is 16.5. The van der Waals surface area contributed by atoms with Gasteiger partial charge in [0.2, 0.25) is 5.91 Å². The molecule has 162 valence electrons. The molecule has 7 nitrogen and oxygen atoms in total. The van der Waals surface area contributed by atoms with Gasteiger partial charge in [-0.25, -0.2) is 0 Å². The summed E-state index contributed by atoms with van der Waals surface area (Å²) in [7, 11) is 0. The Kier molecular flexibility index (Phi) is 5.31.